The van der Waals surface area contributed by atoms with Crippen LogP contribution in [0.15, 0.2) is 0 Å². The van der Waals surface area contributed by atoms with Crippen LogP contribution in [0.3, 0.4) is 0 Å². The average molecular weight is 223 g/mol. The van der Waals surface area contributed by atoms with Crippen LogP contribution in [0.25, 0.3) is 0 Å². The van der Waals surface area contributed by atoms with Gasteiger partial charge in [0.1, 0.15) is 0 Å². The normalized spacial score (nSPS) is 17.1. The first-order valence-electron chi connectivity index (χ1n) is 3.83. The van der Waals surface area contributed by atoms with Crippen LogP contribution in [-0.4, -0.2) is 12.5 Å². The summed E-state index contributed by atoms with van der Waals surface area (Å²) in [5, 5.41) is 0.510. The van der Waals surface area contributed by atoms with E-state index in [0.717, 1.165) is 0 Å². The highest BCUT2D eigenvalue weighted by Crippen LogP contribution is 2.40. The average Bonchev–Trinajstić information content (AvgIpc) is 1.62. The lowest BCUT2D eigenvalue weighted by atomic mass is 10.2. The molecular formula is C8H19BrSi. The molecule has 10 heavy (non-hydrogen) atoms. The standard InChI is InChI=1S/C8H19BrSi/c1-7(9)10(5,6)8(2,3)4/h7H,1-6H3. The van der Waals surface area contributed by atoms with Crippen molar-refractivity contribution in [2.24, 2.45) is 0 Å². The van der Waals surface area contributed by atoms with E-state index in [2.05, 4.69) is 56.7 Å². The molecule has 0 aliphatic heterocycles. The molecule has 0 N–H and O–H groups in total. The Morgan fingerprint density at radius 2 is 1.50 bits per heavy atom. The predicted octanol–water partition coefficient (Wildman–Crippen LogP) is 3.82. The van der Waals surface area contributed by atoms with Gasteiger partial charge < -0.3 is 0 Å². The van der Waals surface area contributed by atoms with E-state index in [4.69, 9.17) is 0 Å². The maximum Gasteiger partial charge on any atom is 0.0675 e. The van der Waals surface area contributed by atoms with Gasteiger partial charge in [-0.15, -0.1) is 0 Å². The van der Waals surface area contributed by atoms with E-state index < -0.39 is 8.07 Å². The minimum Gasteiger partial charge on any atom is -0.0928 e. The molecule has 0 spiro atoms. The molecule has 0 nitrogen and oxygen atoms in total. The monoisotopic (exact) mass is 222 g/mol. The van der Waals surface area contributed by atoms with Gasteiger partial charge in [-0.3, -0.25) is 0 Å². The molecular weight excluding hydrogens is 204 g/mol. The molecule has 0 bridgehead atoms. The second-order valence-corrected chi connectivity index (χ2v) is 12.6. The molecule has 0 aliphatic rings. The molecule has 0 rings (SSSR count). The lowest BCUT2D eigenvalue weighted by Crippen LogP contribution is -2.44. The maximum absolute atomic E-state index is 3.69. The second-order valence-electron chi connectivity index (χ2n) is 4.59. The molecule has 1 unspecified atom stereocenters. The van der Waals surface area contributed by atoms with Gasteiger partial charge in [-0.05, 0) is 5.04 Å². The van der Waals surface area contributed by atoms with Crippen LogP contribution in [0, 0.1) is 0 Å². The lowest BCUT2D eigenvalue weighted by molar-refractivity contribution is 0.714. The Kier molecular flexibility index (Phi) is 3.18. The third kappa shape index (κ3) is 2.09. The first-order chi connectivity index (χ1) is 4.19. The number of rotatable bonds is 1. The van der Waals surface area contributed by atoms with Gasteiger partial charge in [0, 0.05) is 4.45 Å². The summed E-state index contributed by atoms with van der Waals surface area (Å²) in [6, 6.07) is 0. The molecule has 0 saturated heterocycles. The summed E-state index contributed by atoms with van der Waals surface area (Å²) in [6.45, 7) is 14.2. The third-order valence-electron chi connectivity index (χ3n) is 2.93. The largest absolute Gasteiger partial charge is 0.0928 e. The molecule has 0 fully saturated rings. The van der Waals surface area contributed by atoms with Gasteiger partial charge in [0.25, 0.3) is 0 Å². The number of hydrogen-bond acceptors (Lipinski definition) is 0. The maximum atomic E-state index is 3.69. The summed E-state index contributed by atoms with van der Waals surface area (Å²) in [5.41, 5.74) is 0. The highest BCUT2D eigenvalue weighted by molar-refractivity contribution is 9.10. The van der Waals surface area contributed by atoms with Gasteiger partial charge >= 0.3 is 0 Å². The van der Waals surface area contributed by atoms with Gasteiger partial charge in [-0.1, -0.05) is 56.7 Å². The van der Waals surface area contributed by atoms with Gasteiger partial charge in [-0.2, -0.15) is 0 Å². The fourth-order valence-electron chi connectivity index (χ4n) is 0.597. The Morgan fingerprint density at radius 1 is 1.20 bits per heavy atom. The Bertz CT molecular complexity index is 111. The Balaban J connectivity index is 4.40. The van der Waals surface area contributed by atoms with Crippen LogP contribution in [0.1, 0.15) is 27.7 Å². The molecule has 0 heterocycles. The quantitative estimate of drug-likeness (QED) is 0.468. The lowest BCUT2D eigenvalue weighted by Gasteiger charge is -2.39. The molecule has 0 amide bonds. The minimum absolute atomic E-state index is 0.510. The summed E-state index contributed by atoms with van der Waals surface area (Å²) in [7, 11) is -1.07. The molecule has 0 aromatic carbocycles. The molecule has 62 valence electrons. The van der Waals surface area contributed by atoms with E-state index >= 15 is 0 Å². The van der Waals surface area contributed by atoms with Crippen molar-refractivity contribution in [3.63, 3.8) is 0 Å². The molecule has 2 heteroatoms. The fraction of sp³-hybridized carbons (Fsp3) is 1.00. The van der Waals surface area contributed by atoms with Crippen LogP contribution < -0.4 is 0 Å². The van der Waals surface area contributed by atoms with Crippen molar-refractivity contribution in [1.29, 1.82) is 0 Å². The summed E-state index contributed by atoms with van der Waals surface area (Å²) >= 11 is 3.69. The van der Waals surface area contributed by atoms with Crippen molar-refractivity contribution < 1.29 is 0 Å². The summed E-state index contributed by atoms with van der Waals surface area (Å²) < 4.78 is 0.708. The van der Waals surface area contributed by atoms with E-state index in [1.54, 1.807) is 0 Å². The van der Waals surface area contributed by atoms with Crippen molar-refractivity contribution in [2.45, 2.75) is 50.3 Å². The van der Waals surface area contributed by atoms with Crippen LogP contribution in [0.2, 0.25) is 18.1 Å². The summed E-state index contributed by atoms with van der Waals surface area (Å²) in [6.07, 6.45) is 0. The molecule has 0 aromatic rings. The molecule has 0 radical (unpaired) electrons. The van der Waals surface area contributed by atoms with Gasteiger partial charge in [0.15, 0.2) is 0 Å². The number of alkyl halides is 1. The highest BCUT2D eigenvalue weighted by atomic mass is 79.9. The van der Waals surface area contributed by atoms with Crippen LogP contribution in [0.5, 0.6) is 0 Å². The molecule has 0 saturated carbocycles. The smallest absolute Gasteiger partial charge is 0.0675 e. The predicted molar refractivity (Wildman–Crippen MR) is 55.6 cm³/mol. The van der Waals surface area contributed by atoms with Crippen molar-refractivity contribution in [3.8, 4) is 0 Å². The van der Waals surface area contributed by atoms with Crippen LogP contribution in [0.4, 0.5) is 0 Å². The Hall–Kier alpha value is 0.697. The Morgan fingerprint density at radius 3 is 1.50 bits per heavy atom. The highest BCUT2D eigenvalue weighted by Gasteiger charge is 2.38. The van der Waals surface area contributed by atoms with E-state index in [0.29, 0.717) is 9.49 Å². The van der Waals surface area contributed by atoms with Gasteiger partial charge in [-0.25, -0.2) is 0 Å². The summed E-state index contributed by atoms with van der Waals surface area (Å²) in [4.78, 5) is 0. The topological polar surface area (TPSA) is 0 Å². The summed E-state index contributed by atoms with van der Waals surface area (Å²) in [5.74, 6) is 0. The van der Waals surface area contributed by atoms with Crippen molar-refractivity contribution in [2.75, 3.05) is 0 Å². The first-order valence-corrected chi connectivity index (χ1v) is 7.83. The van der Waals surface area contributed by atoms with Crippen molar-refractivity contribution in [1.82, 2.24) is 0 Å². The zero-order valence-electron chi connectivity index (χ0n) is 7.96. The zero-order chi connectivity index (χ0) is 8.58. The van der Waals surface area contributed by atoms with Gasteiger partial charge in [0.2, 0.25) is 0 Å². The molecule has 0 aromatic heterocycles. The van der Waals surface area contributed by atoms with Crippen molar-refractivity contribution >= 4 is 24.0 Å². The molecule has 1 atom stereocenters. The van der Waals surface area contributed by atoms with Crippen LogP contribution in [-0.2, 0) is 0 Å². The fourth-order valence-corrected chi connectivity index (χ4v) is 3.85. The van der Waals surface area contributed by atoms with E-state index in [-0.39, 0.29) is 0 Å². The Labute approximate surface area is 74.5 Å². The zero-order valence-corrected chi connectivity index (χ0v) is 10.5. The van der Waals surface area contributed by atoms with Gasteiger partial charge in [0.05, 0.1) is 8.07 Å². The van der Waals surface area contributed by atoms with E-state index in [9.17, 15) is 0 Å². The van der Waals surface area contributed by atoms with E-state index in [1.165, 1.54) is 0 Å². The number of hydrogen-bond donors (Lipinski definition) is 0. The minimum atomic E-state index is -1.07. The number of halogens is 1. The third-order valence-corrected chi connectivity index (χ3v) is 12.2. The first kappa shape index (κ1) is 10.7. The molecule has 0 aliphatic carbocycles. The van der Waals surface area contributed by atoms with Crippen LogP contribution >= 0.6 is 15.9 Å². The van der Waals surface area contributed by atoms with E-state index in [1.807, 2.05) is 0 Å². The van der Waals surface area contributed by atoms with Crippen molar-refractivity contribution in [3.05, 3.63) is 0 Å². The SMILES string of the molecule is CC(Br)[Si](C)(C)C(C)(C)C. The second kappa shape index (κ2) is 2.98.